The number of urea groups is 1. The Morgan fingerprint density at radius 3 is 2.38 bits per heavy atom. The molecule has 0 bridgehead atoms. The lowest BCUT2D eigenvalue weighted by Gasteiger charge is -2.24. The molecule has 0 aromatic heterocycles. The van der Waals surface area contributed by atoms with E-state index in [1.807, 2.05) is 37.3 Å². The lowest BCUT2D eigenvalue weighted by atomic mass is 9.88. The number of hydrogen-bond acceptors (Lipinski definition) is 2. The highest BCUT2D eigenvalue weighted by atomic mass is 16.2. The van der Waals surface area contributed by atoms with Gasteiger partial charge in [0.05, 0.1) is 0 Å². The van der Waals surface area contributed by atoms with Gasteiger partial charge in [-0.15, -0.1) is 0 Å². The summed E-state index contributed by atoms with van der Waals surface area (Å²) in [6.45, 7) is 1.90. The molecule has 1 atom stereocenters. The second-order valence-electron chi connectivity index (χ2n) is 4.01. The van der Waals surface area contributed by atoms with Crippen LogP contribution in [0.1, 0.15) is 18.9 Å². The lowest BCUT2D eigenvalue weighted by Crippen LogP contribution is -2.48. The average molecular weight is 218 g/mol. The summed E-state index contributed by atoms with van der Waals surface area (Å²) in [7, 11) is 0. The first-order chi connectivity index (χ1) is 7.66. The highest BCUT2D eigenvalue weighted by Gasteiger charge is 2.44. The fraction of sp³-hybridized carbons (Fsp3) is 0.333. The van der Waals surface area contributed by atoms with Gasteiger partial charge in [-0.05, 0) is 12.0 Å². The maximum absolute atomic E-state index is 11.7. The molecular formula is C12H14N2O2. The van der Waals surface area contributed by atoms with Gasteiger partial charge in [0, 0.05) is 6.42 Å². The normalized spacial score (nSPS) is 24.1. The van der Waals surface area contributed by atoms with Gasteiger partial charge in [0.1, 0.15) is 5.54 Å². The molecule has 3 amide bonds. The first-order valence-electron chi connectivity index (χ1n) is 5.34. The van der Waals surface area contributed by atoms with Crippen LogP contribution in [-0.2, 0) is 11.2 Å². The van der Waals surface area contributed by atoms with Crippen LogP contribution in [0.5, 0.6) is 0 Å². The fourth-order valence-corrected chi connectivity index (χ4v) is 1.97. The summed E-state index contributed by atoms with van der Waals surface area (Å²) < 4.78 is 0. The molecule has 16 heavy (non-hydrogen) atoms. The third-order valence-corrected chi connectivity index (χ3v) is 2.97. The van der Waals surface area contributed by atoms with E-state index in [2.05, 4.69) is 10.6 Å². The van der Waals surface area contributed by atoms with E-state index in [4.69, 9.17) is 0 Å². The molecule has 1 saturated heterocycles. The zero-order chi connectivity index (χ0) is 11.6. The second-order valence-corrected chi connectivity index (χ2v) is 4.01. The van der Waals surface area contributed by atoms with E-state index in [0.717, 1.165) is 5.56 Å². The van der Waals surface area contributed by atoms with E-state index in [1.54, 1.807) is 0 Å². The van der Waals surface area contributed by atoms with Crippen LogP contribution in [0.15, 0.2) is 30.3 Å². The molecule has 2 N–H and O–H groups in total. The van der Waals surface area contributed by atoms with E-state index in [-0.39, 0.29) is 5.91 Å². The number of imide groups is 1. The number of benzene rings is 1. The maximum atomic E-state index is 11.7. The van der Waals surface area contributed by atoms with Gasteiger partial charge in [-0.3, -0.25) is 10.1 Å². The van der Waals surface area contributed by atoms with Crippen molar-refractivity contribution in [2.24, 2.45) is 0 Å². The molecule has 1 aromatic carbocycles. The largest absolute Gasteiger partial charge is 0.323 e. The molecule has 0 spiro atoms. The summed E-state index contributed by atoms with van der Waals surface area (Å²) in [5.41, 5.74) is 0.264. The molecule has 0 saturated carbocycles. The van der Waals surface area contributed by atoms with Crippen LogP contribution in [-0.4, -0.2) is 17.5 Å². The van der Waals surface area contributed by atoms with Gasteiger partial charge < -0.3 is 5.32 Å². The monoisotopic (exact) mass is 218 g/mol. The van der Waals surface area contributed by atoms with Crippen molar-refractivity contribution in [3.8, 4) is 0 Å². The van der Waals surface area contributed by atoms with Crippen LogP contribution in [0.4, 0.5) is 4.79 Å². The molecular weight excluding hydrogens is 204 g/mol. The van der Waals surface area contributed by atoms with Crippen molar-refractivity contribution in [3.05, 3.63) is 35.9 Å². The van der Waals surface area contributed by atoms with Gasteiger partial charge in [0.2, 0.25) is 0 Å². The number of hydrogen-bond donors (Lipinski definition) is 2. The third kappa shape index (κ3) is 1.78. The van der Waals surface area contributed by atoms with Gasteiger partial charge in [-0.1, -0.05) is 37.3 Å². The Bertz CT molecular complexity index is 416. The van der Waals surface area contributed by atoms with E-state index >= 15 is 0 Å². The number of carbonyl (C=O) groups is 2. The molecule has 2 rings (SSSR count). The maximum Gasteiger partial charge on any atom is 0.322 e. The summed E-state index contributed by atoms with van der Waals surface area (Å²) in [4.78, 5) is 22.9. The van der Waals surface area contributed by atoms with E-state index < -0.39 is 11.6 Å². The molecule has 1 unspecified atom stereocenters. The number of nitrogens with one attached hydrogen (secondary N) is 2. The van der Waals surface area contributed by atoms with Gasteiger partial charge in [0.25, 0.3) is 5.91 Å². The van der Waals surface area contributed by atoms with Gasteiger partial charge in [-0.2, -0.15) is 0 Å². The zero-order valence-corrected chi connectivity index (χ0v) is 9.12. The Kier molecular flexibility index (Phi) is 2.64. The topological polar surface area (TPSA) is 58.2 Å². The third-order valence-electron chi connectivity index (χ3n) is 2.97. The smallest absolute Gasteiger partial charge is 0.322 e. The standard InChI is InChI=1S/C12H14N2O2/c1-2-12(10(15)13-11(16)14-12)8-9-6-4-3-5-7-9/h3-7H,2,8H2,1H3,(H2,13,14,15,16). The minimum atomic E-state index is -0.779. The van der Waals surface area contributed by atoms with Crippen molar-refractivity contribution in [1.29, 1.82) is 0 Å². The van der Waals surface area contributed by atoms with Crippen molar-refractivity contribution >= 4 is 11.9 Å². The summed E-state index contributed by atoms with van der Waals surface area (Å²) in [6.07, 6.45) is 1.11. The molecule has 1 heterocycles. The van der Waals surface area contributed by atoms with Crippen molar-refractivity contribution in [2.45, 2.75) is 25.3 Å². The SMILES string of the molecule is CCC1(Cc2ccccc2)NC(=O)NC1=O. The minimum absolute atomic E-state index is 0.233. The van der Waals surface area contributed by atoms with E-state index in [1.165, 1.54) is 0 Å². The number of rotatable bonds is 3. The zero-order valence-electron chi connectivity index (χ0n) is 9.12. The van der Waals surface area contributed by atoms with Crippen molar-refractivity contribution in [1.82, 2.24) is 10.6 Å². The lowest BCUT2D eigenvalue weighted by molar-refractivity contribution is -0.124. The van der Waals surface area contributed by atoms with Crippen LogP contribution in [0.3, 0.4) is 0 Å². The highest BCUT2D eigenvalue weighted by Crippen LogP contribution is 2.20. The summed E-state index contributed by atoms with van der Waals surface area (Å²) in [6, 6.07) is 9.28. The molecule has 1 aliphatic rings. The average Bonchev–Trinajstić information content (AvgIpc) is 2.56. The molecule has 1 aromatic rings. The summed E-state index contributed by atoms with van der Waals surface area (Å²) in [5, 5.41) is 5.01. The molecule has 0 aliphatic carbocycles. The summed E-state index contributed by atoms with van der Waals surface area (Å²) in [5.74, 6) is -0.233. The number of carbonyl (C=O) groups excluding carboxylic acids is 2. The second kappa shape index (κ2) is 3.96. The van der Waals surface area contributed by atoms with Gasteiger partial charge >= 0.3 is 6.03 Å². The molecule has 1 fully saturated rings. The Balaban J connectivity index is 2.24. The predicted octanol–water partition coefficient (Wildman–Crippen LogP) is 1.22. The predicted molar refractivity (Wildman–Crippen MR) is 59.8 cm³/mol. The number of amides is 3. The first kappa shape index (κ1) is 10.7. The van der Waals surface area contributed by atoms with Crippen LogP contribution in [0, 0.1) is 0 Å². The van der Waals surface area contributed by atoms with Crippen LogP contribution in [0.25, 0.3) is 0 Å². The quantitative estimate of drug-likeness (QED) is 0.749. The highest BCUT2D eigenvalue weighted by molar-refractivity contribution is 6.07. The Hall–Kier alpha value is -1.84. The minimum Gasteiger partial charge on any atom is -0.323 e. The van der Waals surface area contributed by atoms with E-state index in [0.29, 0.717) is 12.8 Å². The van der Waals surface area contributed by atoms with E-state index in [9.17, 15) is 9.59 Å². The van der Waals surface area contributed by atoms with Gasteiger partial charge in [-0.25, -0.2) is 4.79 Å². The molecule has 1 aliphatic heterocycles. The van der Waals surface area contributed by atoms with Crippen LogP contribution < -0.4 is 10.6 Å². The fourth-order valence-electron chi connectivity index (χ4n) is 1.97. The van der Waals surface area contributed by atoms with Crippen molar-refractivity contribution in [2.75, 3.05) is 0 Å². The van der Waals surface area contributed by atoms with Crippen molar-refractivity contribution < 1.29 is 9.59 Å². The molecule has 4 nitrogen and oxygen atoms in total. The summed E-state index contributed by atoms with van der Waals surface area (Å²) >= 11 is 0. The Morgan fingerprint density at radius 2 is 1.88 bits per heavy atom. The molecule has 0 radical (unpaired) electrons. The van der Waals surface area contributed by atoms with Crippen LogP contribution >= 0.6 is 0 Å². The van der Waals surface area contributed by atoms with Gasteiger partial charge in [0.15, 0.2) is 0 Å². The first-order valence-corrected chi connectivity index (χ1v) is 5.34. The van der Waals surface area contributed by atoms with Crippen molar-refractivity contribution in [3.63, 3.8) is 0 Å². The molecule has 4 heteroatoms. The Labute approximate surface area is 94.0 Å². The Morgan fingerprint density at radius 1 is 1.19 bits per heavy atom. The molecule has 84 valence electrons. The van der Waals surface area contributed by atoms with Crippen LogP contribution in [0.2, 0.25) is 0 Å².